The first-order valence-electron chi connectivity index (χ1n) is 7.91. The Kier molecular flexibility index (Phi) is 5.60. The van der Waals surface area contributed by atoms with Crippen LogP contribution in [0.15, 0.2) is 46.9 Å². The van der Waals surface area contributed by atoms with E-state index in [2.05, 4.69) is 30.3 Å². The van der Waals surface area contributed by atoms with Gasteiger partial charge in [0, 0.05) is 34.0 Å². The highest BCUT2D eigenvalue weighted by Crippen LogP contribution is 2.36. The Bertz CT molecular complexity index is 862. The summed E-state index contributed by atoms with van der Waals surface area (Å²) in [5, 5.41) is 4.54. The van der Waals surface area contributed by atoms with Gasteiger partial charge >= 0.3 is 0 Å². The van der Waals surface area contributed by atoms with Gasteiger partial charge in [0.1, 0.15) is 16.5 Å². The lowest BCUT2D eigenvalue weighted by Gasteiger charge is -2.08. The van der Waals surface area contributed by atoms with E-state index in [0.29, 0.717) is 5.25 Å². The molecule has 0 aliphatic heterocycles. The molecule has 6 heteroatoms. The number of methoxy groups -OCH3 is 2. The van der Waals surface area contributed by atoms with Crippen LogP contribution in [-0.4, -0.2) is 29.4 Å². The summed E-state index contributed by atoms with van der Waals surface area (Å²) < 4.78 is 10.8. The Hall–Kier alpha value is -2.05. The predicted octanol–water partition coefficient (Wildman–Crippen LogP) is 5.39. The first kappa shape index (κ1) is 17.8. The molecule has 0 amide bonds. The number of pyridine rings is 1. The smallest absolute Gasteiger partial charge is 0.131 e. The molecule has 0 aliphatic carbocycles. The molecule has 2 aromatic heterocycles. The summed E-state index contributed by atoms with van der Waals surface area (Å²) in [6, 6.07) is 9.86. The molecule has 0 atom stereocenters. The van der Waals surface area contributed by atoms with Crippen LogP contribution in [0.4, 0.5) is 0 Å². The number of rotatable bonds is 6. The third-order valence-electron chi connectivity index (χ3n) is 3.53. The van der Waals surface area contributed by atoms with Crippen molar-refractivity contribution in [3.8, 4) is 33.3 Å². The summed E-state index contributed by atoms with van der Waals surface area (Å²) in [6.07, 6.45) is 1.84. The fourth-order valence-electron chi connectivity index (χ4n) is 2.39. The monoisotopic (exact) mass is 372 g/mol. The van der Waals surface area contributed by atoms with E-state index in [1.54, 1.807) is 37.3 Å². The maximum atomic E-state index is 5.49. The third kappa shape index (κ3) is 4.14. The molecule has 0 aliphatic rings. The molecule has 130 valence electrons. The number of benzene rings is 1. The minimum Gasteiger partial charge on any atom is -0.497 e. The van der Waals surface area contributed by atoms with Crippen molar-refractivity contribution in [1.82, 2.24) is 9.97 Å². The SMILES string of the molecule is COc1ccc(-c2csc(-c3ccnc(SC(C)C)c3)n2)c(OC)c1. The zero-order chi connectivity index (χ0) is 17.8. The molecule has 0 unspecified atom stereocenters. The summed E-state index contributed by atoms with van der Waals surface area (Å²) in [4.78, 5) is 9.22. The number of aromatic nitrogens is 2. The molecule has 4 nitrogen and oxygen atoms in total. The van der Waals surface area contributed by atoms with E-state index in [9.17, 15) is 0 Å². The maximum Gasteiger partial charge on any atom is 0.131 e. The molecule has 3 rings (SSSR count). The van der Waals surface area contributed by atoms with Gasteiger partial charge in [-0.2, -0.15) is 0 Å². The molecule has 0 spiro atoms. The molecular weight excluding hydrogens is 352 g/mol. The van der Waals surface area contributed by atoms with Gasteiger partial charge in [0.15, 0.2) is 0 Å². The van der Waals surface area contributed by atoms with Crippen LogP contribution in [0, 0.1) is 0 Å². The number of nitrogens with zero attached hydrogens (tertiary/aromatic N) is 2. The average Bonchev–Trinajstić information content (AvgIpc) is 3.10. The van der Waals surface area contributed by atoms with Gasteiger partial charge in [0.2, 0.25) is 0 Å². The van der Waals surface area contributed by atoms with Gasteiger partial charge in [-0.1, -0.05) is 13.8 Å². The molecular formula is C19H20N2O2S2. The lowest BCUT2D eigenvalue weighted by molar-refractivity contribution is 0.395. The number of hydrogen-bond donors (Lipinski definition) is 0. The van der Waals surface area contributed by atoms with E-state index in [0.717, 1.165) is 38.4 Å². The van der Waals surface area contributed by atoms with E-state index in [4.69, 9.17) is 14.5 Å². The number of hydrogen-bond acceptors (Lipinski definition) is 6. The van der Waals surface area contributed by atoms with Crippen molar-refractivity contribution in [3.63, 3.8) is 0 Å². The first-order chi connectivity index (χ1) is 12.1. The number of thioether (sulfide) groups is 1. The summed E-state index contributed by atoms with van der Waals surface area (Å²) in [5.41, 5.74) is 2.94. The molecule has 0 radical (unpaired) electrons. The molecule has 2 heterocycles. The second-order valence-corrected chi connectivity index (χ2v) is 8.11. The molecule has 0 bridgehead atoms. The van der Waals surface area contributed by atoms with Crippen molar-refractivity contribution in [2.75, 3.05) is 14.2 Å². The van der Waals surface area contributed by atoms with Crippen LogP contribution in [-0.2, 0) is 0 Å². The highest BCUT2D eigenvalue weighted by atomic mass is 32.2. The molecule has 1 aromatic carbocycles. The third-order valence-corrected chi connectivity index (χ3v) is 5.35. The van der Waals surface area contributed by atoms with Crippen molar-refractivity contribution in [3.05, 3.63) is 41.9 Å². The lowest BCUT2D eigenvalue weighted by Crippen LogP contribution is -1.91. The largest absolute Gasteiger partial charge is 0.497 e. The topological polar surface area (TPSA) is 44.2 Å². The predicted molar refractivity (Wildman–Crippen MR) is 105 cm³/mol. The van der Waals surface area contributed by atoms with Crippen molar-refractivity contribution < 1.29 is 9.47 Å². The van der Waals surface area contributed by atoms with Crippen LogP contribution in [0.5, 0.6) is 11.5 Å². The van der Waals surface area contributed by atoms with Gasteiger partial charge in [-0.3, -0.25) is 0 Å². The van der Waals surface area contributed by atoms with Crippen LogP contribution in [0.2, 0.25) is 0 Å². The molecule has 25 heavy (non-hydrogen) atoms. The summed E-state index contributed by atoms with van der Waals surface area (Å²) in [5.74, 6) is 1.52. The number of thiazole rings is 1. The van der Waals surface area contributed by atoms with Crippen LogP contribution in [0.1, 0.15) is 13.8 Å². The molecule has 0 saturated carbocycles. The zero-order valence-electron chi connectivity index (χ0n) is 14.6. The minimum absolute atomic E-state index is 0.498. The fraction of sp³-hybridized carbons (Fsp3) is 0.263. The van der Waals surface area contributed by atoms with Crippen LogP contribution in [0.3, 0.4) is 0 Å². The van der Waals surface area contributed by atoms with E-state index < -0.39 is 0 Å². The van der Waals surface area contributed by atoms with E-state index in [1.807, 2.05) is 30.5 Å². The van der Waals surface area contributed by atoms with E-state index in [1.165, 1.54) is 0 Å². The summed E-state index contributed by atoms with van der Waals surface area (Å²) in [7, 11) is 3.30. The molecule has 3 aromatic rings. The van der Waals surface area contributed by atoms with Gasteiger partial charge in [-0.25, -0.2) is 9.97 Å². The Morgan fingerprint density at radius 2 is 1.92 bits per heavy atom. The Morgan fingerprint density at radius 3 is 2.64 bits per heavy atom. The fourth-order valence-corrected chi connectivity index (χ4v) is 4.01. The van der Waals surface area contributed by atoms with Gasteiger partial charge in [0.05, 0.1) is 24.9 Å². The van der Waals surface area contributed by atoms with Crippen molar-refractivity contribution in [1.29, 1.82) is 0 Å². The Labute approximate surface area is 156 Å². The second-order valence-electron chi connectivity index (χ2n) is 5.65. The van der Waals surface area contributed by atoms with Crippen LogP contribution >= 0.6 is 23.1 Å². The minimum atomic E-state index is 0.498. The molecule has 0 saturated heterocycles. The van der Waals surface area contributed by atoms with Crippen LogP contribution < -0.4 is 9.47 Å². The Morgan fingerprint density at radius 1 is 1.08 bits per heavy atom. The molecule has 0 N–H and O–H groups in total. The summed E-state index contributed by atoms with van der Waals surface area (Å²) in [6.45, 7) is 4.33. The van der Waals surface area contributed by atoms with E-state index >= 15 is 0 Å². The van der Waals surface area contributed by atoms with Crippen LogP contribution in [0.25, 0.3) is 21.8 Å². The van der Waals surface area contributed by atoms with Crippen molar-refractivity contribution in [2.24, 2.45) is 0 Å². The second kappa shape index (κ2) is 7.89. The Balaban J connectivity index is 1.93. The highest BCUT2D eigenvalue weighted by Gasteiger charge is 2.13. The highest BCUT2D eigenvalue weighted by molar-refractivity contribution is 7.99. The number of ether oxygens (including phenoxy) is 2. The maximum absolute atomic E-state index is 5.49. The van der Waals surface area contributed by atoms with Crippen molar-refractivity contribution in [2.45, 2.75) is 24.1 Å². The van der Waals surface area contributed by atoms with E-state index in [-0.39, 0.29) is 0 Å². The van der Waals surface area contributed by atoms with Gasteiger partial charge in [-0.15, -0.1) is 23.1 Å². The first-order valence-corrected chi connectivity index (χ1v) is 9.67. The molecule has 0 fully saturated rings. The van der Waals surface area contributed by atoms with Crippen molar-refractivity contribution >= 4 is 23.1 Å². The normalized spacial score (nSPS) is 10.9. The average molecular weight is 373 g/mol. The zero-order valence-corrected chi connectivity index (χ0v) is 16.3. The van der Waals surface area contributed by atoms with Gasteiger partial charge in [0.25, 0.3) is 0 Å². The van der Waals surface area contributed by atoms with Gasteiger partial charge in [-0.05, 0) is 24.3 Å². The summed E-state index contributed by atoms with van der Waals surface area (Å²) >= 11 is 3.37. The quantitative estimate of drug-likeness (QED) is 0.543. The standard InChI is InChI=1S/C19H20N2O2S2/c1-12(2)25-18-9-13(7-8-20-18)19-21-16(11-24-19)15-6-5-14(22-3)10-17(15)23-4/h5-12H,1-4H3. The van der Waals surface area contributed by atoms with Gasteiger partial charge < -0.3 is 9.47 Å². The lowest BCUT2D eigenvalue weighted by atomic mass is 10.1.